The van der Waals surface area contributed by atoms with E-state index < -0.39 is 11.9 Å². The van der Waals surface area contributed by atoms with Gasteiger partial charge in [-0.15, -0.1) is 0 Å². The van der Waals surface area contributed by atoms with Crippen LogP contribution in [0.1, 0.15) is 29.0 Å². The van der Waals surface area contributed by atoms with Crippen molar-refractivity contribution in [1.29, 1.82) is 0 Å². The van der Waals surface area contributed by atoms with Crippen molar-refractivity contribution in [2.75, 3.05) is 23.3 Å². The summed E-state index contributed by atoms with van der Waals surface area (Å²) in [5.41, 5.74) is 0.902. The van der Waals surface area contributed by atoms with Crippen LogP contribution in [0.3, 0.4) is 0 Å². The third kappa shape index (κ3) is 2.73. The minimum Gasteiger partial charge on any atom is -0.360 e. The molecule has 0 bridgehead atoms. The van der Waals surface area contributed by atoms with Gasteiger partial charge in [0, 0.05) is 12.6 Å². The highest BCUT2D eigenvalue weighted by atomic mass is 16.5. The van der Waals surface area contributed by atoms with Crippen molar-refractivity contribution >= 4 is 29.2 Å². The second-order valence-corrected chi connectivity index (χ2v) is 6.47. The summed E-state index contributed by atoms with van der Waals surface area (Å²) >= 11 is 0. The van der Waals surface area contributed by atoms with Crippen molar-refractivity contribution in [2.24, 2.45) is 0 Å². The number of anilines is 2. The summed E-state index contributed by atoms with van der Waals surface area (Å²) < 4.78 is 4.93. The number of nitrogens with zero attached hydrogens (tertiary/aromatic N) is 3. The molecular formula is C18H18N4O4. The Labute approximate surface area is 149 Å². The van der Waals surface area contributed by atoms with Gasteiger partial charge in [-0.05, 0) is 31.9 Å². The number of aryl methyl sites for hydroxylation is 1. The smallest absolute Gasteiger partial charge is 0.256 e. The molecule has 3 amide bonds. The number of carbonyl (C=O) groups excluding carboxylic acids is 3. The fourth-order valence-electron chi connectivity index (χ4n) is 3.52. The predicted octanol–water partition coefficient (Wildman–Crippen LogP) is 1.57. The van der Waals surface area contributed by atoms with Crippen molar-refractivity contribution in [2.45, 2.75) is 25.8 Å². The number of hydrogen-bond acceptors (Lipinski definition) is 5. The molecule has 2 aromatic rings. The fourth-order valence-corrected chi connectivity index (χ4v) is 3.52. The molecule has 0 aliphatic carbocycles. The number of para-hydroxylation sites is 1. The van der Waals surface area contributed by atoms with E-state index in [9.17, 15) is 14.4 Å². The van der Waals surface area contributed by atoms with Gasteiger partial charge in [0.15, 0.2) is 5.82 Å². The van der Waals surface area contributed by atoms with Crippen LogP contribution in [-0.4, -0.2) is 46.9 Å². The Morgan fingerprint density at radius 3 is 2.92 bits per heavy atom. The third-order valence-electron chi connectivity index (χ3n) is 4.69. The monoisotopic (exact) mass is 354 g/mol. The predicted molar refractivity (Wildman–Crippen MR) is 92.7 cm³/mol. The van der Waals surface area contributed by atoms with Gasteiger partial charge in [-0.25, -0.2) is 0 Å². The Morgan fingerprint density at radius 1 is 1.35 bits per heavy atom. The number of carbonyl (C=O) groups is 3. The Balaban J connectivity index is 1.64. The van der Waals surface area contributed by atoms with Crippen molar-refractivity contribution in [3.63, 3.8) is 0 Å². The molecule has 0 spiro atoms. The van der Waals surface area contributed by atoms with Crippen molar-refractivity contribution in [3.8, 4) is 0 Å². The van der Waals surface area contributed by atoms with E-state index in [0.717, 1.165) is 6.42 Å². The Bertz CT molecular complexity index is 891. The summed E-state index contributed by atoms with van der Waals surface area (Å²) in [4.78, 5) is 41.3. The molecule has 0 unspecified atom stereocenters. The Hall–Kier alpha value is -3.16. The lowest BCUT2D eigenvalue weighted by Gasteiger charge is -2.25. The highest BCUT2D eigenvalue weighted by molar-refractivity contribution is 6.13. The second-order valence-electron chi connectivity index (χ2n) is 6.47. The van der Waals surface area contributed by atoms with E-state index in [1.807, 2.05) is 0 Å². The van der Waals surface area contributed by atoms with Crippen molar-refractivity contribution in [1.82, 2.24) is 10.1 Å². The van der Waals surface area contributed by atoms with Crippen molar-refractivity contribution in [3.05, 3.63) is 41.7 Å². The second kappa shape index (κ2) is 6.29. The first-order valence-electron chi connectivity index (χ1n) is 8.49. The summed E-state index contributed by atoms with van der Waals surface area (Å²) in [6, 6.07) is 7.98. The molecule has 1 N–H and O–H groups in total. The zero-order valence-corrected chi connectivity index (χ0v) is 14.3. The SMILES string of the molecule is Cc1cc(NC(=O)CN2C(=O)[C@H]3CCCN3C(=O)c3ccccc32)no1. The molecule has 26 heavy (non-hydrogen) atoms. The third-order valence-corrected chi connectivity index (χ3v) is 4.69. The number of benzene rings is 1. The van der Waals surface area contributed by atoms with E-state index >= 15 is 0 Å². The lowest BCUT2D eigenvalue weighted by Crippen LogP contribution is -2.47. The minimum atomic E-state index is -0.517. The first-order valence-corrected chi connectivity index (χ1v) is 8.49. The average molecular weight is 354 g/mol. The maximum atomic E-state index is 13.0. The molecule has 1 atom stereocenters. The van der Waals surface area contributed by atoms with Gasteiger partial charge in [-0.1, -0.05) is 17.3 Å². The van der Waals surface area contributed by atoms with Gasteiger partial charge >= 0.3 is 0 Å². The Kier molecular flexibility index (Phi) is 3.95. The van der Waals surface area contributed by atoms with Gasteiger partial charge in [-0.2, -0.15) is 0 Å². The maximum Gasteiger partial charge on any atom is 0.256 e. The number of nitrogens with one attached hydrogen (secondary N) is 1. The van der Waals surface area contributed by atoms with Gasteiger partial charge in [0.25, 0.3) is 5.91 Å². The highest BCUT2D eigenvalue weighted by Gasteiger charge is 2.42. The summed E-state index contributed by atoms with van der Waals surface area (Å²) in [7, 11) is 0. The zero-order chi connectivity index (χ0) is 18.3. The average Bonchev–Trinajstić information content (AvgIpc) is 3.26. The standard InChI is InChI=1S/C18H18N4O4/c1-11-9-15(20-26-11)19-16(23)10-22-13-6-3-2-5-12(13)17(24)21-8-4-7-14(21)18(22)25/h2-3,5-6,9,14H,4,7-8,10H2,1H3,(H,19,20,23)/t14-/m1/s1. The summed E-state index contributed by atoms with van der Waals surface area (Å²) in [5.74, 6) is 0.0735. The molecule has 2 aliphatic heterocycles. The number of rotatable bonds is 3. The molecule has 8 nitrogen and oxygen atoms in total. The van der Waals surface area contributed by atoms with Crippen LogP contribution in [0.2, 0.25) is 0 Å². The zero-order valence-electron chi connectivity index (χ0n) is 14.3. The van der Waals surface area contributed by atoms with Crippen LogP contribution in [0.15, 0.2) is 34.9 Å². The maximum absolute atomic E-state index is 13.0. The van der Waals surface area contributed by atoms with E-state index in [1.54, 1.807) is 42.2 Å². The van der Waals surface area contributed by atoms with Gasteiger partial charge in [0.2, 0.25) is 11.8 Å². The number of aromatic nitrogens is 1. The van der Waals surface area contributed by atoms with Gasteiger partial charge < -0.3 is 19.6 Å². The quantitative estimate of drug-likeness (QED) is 0.903. The molecule has 0 radical (unpaired) electrons. The summed E-state index contributed by atoms with van der Waals surface area (Å²) in [5, 5.41) is 6.34. The van der Waals surface area contributed by atoms with E-state index in [2.05, 4.69) is 10.5 Å². The summed E-state index contributed by atoms with van der Waals surface area (Å²) in [6.07, 6.45) is 1.39. The molecule has 1 saturated heterocycles. The van der Waals surface area contributed by atoms with Crippen LogP contribution in [-0.2, 0) is 9.59 Å². The lowest BCUT2D eigenvalue weighted by atomic mass is 10.1. The van der Waals surface area contributed by atoms with Gasteiger partial charge in [0.1, 0.15) is 18.3 Å². The molecule has 1 aromatic carbocycles. The van der Waals surface area contributed by atoms with Crippen LogP contribution in [0.5, 0.6) is 0 Å². The first kappa shape index (κ1) is 16.3. The Morgan fingerprint density at radius 2 is 2.15 bits per heavy atom. The van der Waals surface area contributed by atoms with Gasteiger partial charge in [0.05, 0.1) is 11.3 Å². The summed E-state index contributed by atoms with van der Waals surface area (Å²) in [6.45, 7) is 2.08. The number of fused-ring (bicyclic) bond motifs is 2. The largest absolute Gasteiger partial charge is 0.360 e. The van der Waals surface area contributed by atoms with E-state index in [-0.39, 0.29) is 18.4 Å². The number of hydrogen-bond donors (Lipinski definition) is 1. The van der Waals surface area contributed by atoms with Crippen LogP contribution < -0.4 is 10.2 Å². The van der Waals surface area contributed by atoms with Crippen LogP contribution in [0.25, 0.3) is 0 Å². The lowest BCUT2D eigenvalue weighted by molar-refractivity contribution is -0.124. The van der Waals surface area contributed by atoms with Crippen LogP contribution in [0.4, 0.5) is 11.5 Å². The number of amides is 3. The van der Waals surface area contributed by atoms with E-state index in [4.69, 9.17) is 4.52 Å². The van der Waals surface area contributed by atoms with Crippen LogP contribution in [0, 0.1) is 6.92 Å². The molecule has 134 valence electrons. The molecule has 4 rings (SSSR count). The topological polar surface area (TPSA) is 95.8 Å². The highest BCUT2D eigenvalue weighted by Crippen LogP contribution is 2.32. The molecule has 8 heteroatoms. The molecule has 3 heterocycles. The molecular weight excluding hydrogens is 336 g/mol. The van der Waals surface area contributed by atoms with Crippen molar-refractivity contribution < 1.29 is 18.9 Å². The van der Waals surface area contributed by atoms with Gasteiger partial charge in [-0.3, -0.25) is 14.4 Å². The van der Waals surface area contributed by atoms with E-state index in [0.29, 0.717) is 35.8 Å². The van der Waals surface area contributed by atoms with E-state index in [1.165, 1.54) is 4.90 Å². The fraction of sp³-hybridized carbons (Fsp3) is 0.333. The molecule has 2 aliphatic rings. The van der Waals surface area contributed by atoms with Crippen LogP contribution >= 0.6 is 0 Å². The minimum absolute atomic E-state index is 0.161. The normalized spacial score (nSPS) is 19.2. The first-order chi connectivity index (χ1) is 12.5. The molecule has 1 aromatic heterocycles. The molecule has 1 fully saturated rings. The molecule has 0 saturated carbocycles.